The molecule has 1 aromatic heterocycles. The Morgan fingerprint density at radius 2 is 1.76 bits per heavy atom. The topological polar surface area (TPSA) is 111 Å². The van der Waals surface area contributed by atoms with Crippen LogP contribution in [-0.2, 0) is 6.61 Å². The van der Waals surface area contributed by atoms with Gasteiger partial charge in [-0.15, -0.1) is 0 Å². The molecule has 0 fully saturated rings. The molecule has 0 bridgehead atoms. The number of rotatable bonds is 4. The summed E-state index contributed by atoms with van der Waals surface area (Å²) < 4.78 is 19.5. The molecular weight excluding hydrogens is 321 g/mol. The minimum absolute atomic E-state index is 0.00564. The van der Waals surface area contributed by atoms with Gasteiger partial charge >= 0.3 is 0 Å². The number of nitriles is 1. The largest absolute Gasteiger partial charge is 0.488 e. The Morgan fingerprint density at radius 1 is 1.04 bits per heavy atom. The third-order valence-corrected chi connectivity index (χ3v) is 3.55. The van der Waals surface area contributed by atoms with Crippen LogP contribution >= 0.6 is 0 Å². The van der Waals surface area contributed by atoms with Crippen LogP contribution in [0, 0.1) is 17.1 Å². The monoisotopic (exact) mass is 335 g/mol. The van der Waals surface area contributed by atoms with E-state index in [1.807, 2.05) is 6.07 Å². The molecule has 7 heteroatoms. The molecule has 0 aliphatic carbocycles. The van der Waals surface area contributed by atoms with Gasteiger partial charge in [-0.2, -0.15) is 10.2 Å². The van der Waals surface area contributed by atoms with E-state index in [1.165, 1.54) is 6.07 Å². The van der Waals surface area contributed by atoms with Crippen LogP contribution in [0.2, 0.25) is 0 Å². The van der Waals surface area contributed by atoms with Gasteiger partial charge in [0.05, 0.1) is 5.69 Å². The molecule has 0 radical (unpaired) electrons. The van der Waals surface area contributed by atoms with Crippen LogP contribution in [0.1, 0.15) is 11.1 Å². The zero-order valence-corrected chi connectivity index (χ0v) is 13.1. The van der Waals surface area contributed by atoms with Gasteiger partial charge < -0.3 is 16.2 Å². The molecule has 3 rings (SSSR count). The van der Waals surface area contributed by atoms with E-state index in [4.69, 9.17) is 16.2 Å². The third-order valence-electron chi connectivity index (χ3n) is 3.55. The van der Waals surface area contributed by atoms with Gasteiger partial charge in [-0.05, 0) is 18.2 Å². The van der Waals surface area contributed by atoms with E-state index in [-0.39, 0.29) is 35.4 Å². The van der Waals surface area contributed by atoms with Gasteiger partial charge in [0.2, 0.25) is 5.95 Å². The first-order valence-electron chi connectivity index (χ1n) is 7.39. The lowest BCUT2D eigenvalue weighted by molar-refractivity contribution is 0.301. The maximum atomic E-state index is 13.8. The van der Waals surface area contributed by atoms with E-state index in [2.05, 4.69) is 9.97 Å². The lowest BCUT2D eigenvalue weighted by atomic mass is 10.1. The molecule has 124 valence electrons. The van der Waals surface area contributed by atoms with Gasteiger partial charge in [0.15, 0.2) is 0 Å². The quantitative estimate of drug-likeness (QED) is 0.758. The number of hydrogen-bond acceptors (Lipinski definition) is 6. The minimum atomic E-state index is -0.353. The molecule has 4 N–H and O–H groups in total. The highest BCUT2D eigenvalue weighted by atomic mass is 19.1. The van der Waals surface area contributed by atoms with E-state index in [0.29, 0.717) is 16.9 Å². The number of halogens is 1. The predicted molar refractivity (Wildman–Crippen MR) is 91.7 cm³/mol. The summed E-state index contributed by atoms with van der Waals surface area (Å²) in [5.41, 5.74) is 12.7. The van der Waals surface area contributed by atoms with Crippen molar-refractivity contribution in [2.75, 3.05) is 11.5 Å². The van der Waals surface area contributed by atoms with Crippen molar-refractivity contribution in [3.63, 3.8) is 0 Å². The second-order valence-electron chi connectivity index (χ2n) is 5.18. The fourth-order valence-electron chi connectivity index (χ4n) is 2.36. The van der Waals surface area contributed by atoms with Gasteiger partial charge in [0.1, 0.15) is 35.6 Å². The lowest BCUT2D eigenvalue weighted by Gasteiger charge is -2.13. The molecule has 6 nitrogen and oxygen atoms in total. The molecule has 0 atom stereocenters. The average Bonchev–Trinajstić information content (AvgIpc) is 2.61. The molecular formula is C18H14FN5O. The highest BCUT2D eigenvalue weighted by molar-refractivity contribution is 5.77. The number of nitrogens with two attached hydrogens (primary N) is 2. The van der Waals surface area contributed by atoms with Crippen molar-refractivity contribution in [2.45, 2.75) is 6.61 Å². The third kappa shape index (κ3) is 3.33. The number of nitrogens with zero attached hydrogens (tertiary/aromatic N) is 3. The Hall–Kier alpha value is -3.66. The summed E-state index contributed by atoms with van der Waals surface area (Å²) in [5, 5.41) is 9.35. The summed E-state index contributed by atoms with van der Waals surface area (Å²) in [6, 6.07) is 15.3. The van der Waals surface area contributed by atoms with Gasteiger partial charge in [-0.1, -0.05) is 30.3 Å². The normalized spacial score (nSPS) is 10.2. The van der Waals surface area contributed by atoms with Gasteiger partial charge in [-0.3, -0.25) is 0 Å². The molecule has 1 heterocycles. The van der Waals surface area contributed by atoms with Crippen molar-refractivity contribution in [3.05, 3.63) is 65.5 Å². The Morgan fingerprint density at radius 3 is 2.52 bits per heavy atom. The predicted octanol–water partition coefficient (Wildman–Crippen LogP) is 2.90. The van der Waals surface area contributed by atoms with Crippen molar-refractivity contribution in [1.29, 1.82) is 5.26 Å². The Balaban J connectivity index is 2.00. The highest BCUT2D eigenvalue weighted by Gasteiger charge is 2.17. The highest BCUT2D eigenvalue weighted by Crippen LogP contribution is 2.33. The van der Waals surface area contributed by atoms with Crippen LogP contribution in [0.3, 0.4) is 0 Å². The molecule has 0 amide bonds. The van der Waals surface area contributed by atoms with Crippen LogP contribution in [0.25, 0.3) is 11.3 Å². The van der Waals surface area contributed by atoms with Crippen LogP contribution in [-0.4, -0.2) is 9.97 Å². The van der Waals surface area contributed by atoms with Crippen LogP contribution < -0.4 is 16.2 Å². The second-order valence-corrected chi connectivity index (χ2v) is 5.18. The summed E-state index contributed by atoms with van der Waals surface area (Å²) in [5.74, 6) is 0.0253. The van der Waals surface area contributed by atoms with Gasteiger partial charge in [0.25, 0.3) is 0 Å². The van der Waals surface area contributed by atoms with Crippen molar-refractivity contribution >= 4 is 11.8 Å². The smallest absolute Gasteiger partial charge is 0.222 e. The van der Waals surface area contributed by atoms with Crippen molar-refractivity contribution in [2.24, 2.45) is 0 Å². The van der Waals surface area contributed by atoms with E-state index in [0.717, 1.165) is 0 Å². The standard InChI is InChI=1S/C18H14FN5O/c19-14-7-3-1-5-11(14)10-25-15-8-4-2-6-12(15)16-13(9-20)17(21)24-18(22)23-16/h1-8H,10H2,(H4,21,22,23,24). The van der Waals surface area contributed by atoms with Crippen molar-refractivity contribution < 1.29 is 9.13 Å². The molecule has 25 heavy (non-hydrogen) atoms. The summed E-state index contributed by atoms with van der Waals surface area (Å²) in [6.45, 7) is 0.0294. The van der Waals surface area contributed by atoms with E-state index >= 15 is 0 Å². The van der Waals surface area contributed by atoms with Crippen molar-refractivity contribution in [3.8, 4) is 23.1 Å². The zero-order valence-electron chi connectivity index (χ0n) is 13.1. The number of hydrogen-bond donors (Lipinski definition) is 2. The summed E-state index contributed by atoms with van der Waals surface area (Å²) in [7, 11) is 0. The first-order chi connectivity index (χ1) is 12.1. The first-order valence-corrected chi connectivity index (χ1v) is 7.39. The zero-order chi connectivity index (χ0) is 17.8. The number of ether oxygens (including phenoxy) is 1. The molecule has 0 aliphatic heterocycles. The molecule has 0 saturated carbocycles. The summed E-state index contributed by atoms with van der Waals surface area (Å²) in [4.78, 5) is 7.92. The fraction of sp³-hybridized carbons (Fsp3) is 0.0556. The van der Waals surface area contributed by atoms with Crippen LogP contribution in [0.15, 0.2) is 48.5 Å². The van der Waals surface area contributed by atoms with Crippen LogP contribution in [0.4, 0.5) is 16.2 Å². The van der Waals surface area contributed by atoms with Gasteiger partial charge in [-0.25, -0.2) is 9.37 Å². The van der Waals surface area contributed by atoms with Gasteiger partial charge in [0, 0.05) is 11.1 Å². The number of aromatic nitrogens is 2. The number of benzene rings is 2. The Labute approximate surface area is 143 Å². The fourth-order valence-corrected chi connectivity index (χ4v) is 2.36. The molecule has 0 unspecified atom stereocenters. The second kappa shape index (κ2) is 6.84. The van der Waals surface area contributed by atoms with E-state index < -0.39 is 0 Å². The SMILES string of the molecule is N#Cc1c(N)nc(N)nc1-c1ccccc1OCc1ccccc1F. The molecule has 0 spiro atoms. The Bertz CT molecular complexity index is 968. The van der Waals surface area contributed by atoms with E-state index in [1.54, 1.807) is 42.5 Å². The molecule has 3 aromatic rings. The average molecular weight is 335 g/mol. The maximum Gasteiger partial charge on any atom is 0.222 e. The number of para-hydroxylation sites is 1. The number of anilines is 2. The molecule has 2 aromatic carbocycles. The van der Waals surface area contributed by atoms with Crippen molar-refractivity contribution in [1.82, 2.24) is 9.97 Å². The summed E-state index contributed by atoms with van der Waals surface area (Å²) >= 11 is 0. The molecule has 0 saturated heterocycles. The minimum Gasteiger partial charge on any atom is -0.488 e. The maximum absolute atomic E-state index is 13.8. The number of nitrogen functional groups attached to an aromatic ring is 2. The summed E-state index contributed by atoms with van der Waals surface area (Å²) in [6.07, 6.45) is 0. The lowest BCUT2D eigenvalue weighted by Crippen LogP contribution is -2.06. The van der Waals surface area contributed by atoms with E-state index in [9.17, 15) is 9.65 Å². The van der Waals surface area contributed by atoms with Crippen LogP contribution in [0.5, 0.6) is 5.75 Å². The Kier molecular flexibility index (Phi) is 4.44. The first kappa shape index (κ1) is 16.2. The molecule has 0 aliphatic rings.